The summed E-state index contributed by atoms with van der Waals surface area (Å²) in [6.45, 7) is 0.266. The smallest absolute Gasteiger partial charge is 0.328 e. The number of benzene rings is 2. The normalized spacial score (nSPS) is 15.1. The first-order valence-electron chi connectivity index (χ1n) is 7.70. The van der Waals surface area contributed by atoms with Crippen molar-refractivity contribution in [1.82, 2.24) is 10.2 Å². The van der Waals surface area contributed by atoms with Crippen molar-refractivity contribution in [1.29, 1.82) is 5.26 Å². The molecule has 1 saturated heterocycles. The summed E-state index contributed by atoms with van der Waals surface area (Å²) >= 11 is 3.44. The molecule has 1 N–H and O–H groups in total. The Labute approximate surface area is 158 Å². The van der Waals surface area contributed by atoms with Crippen LogP contribution in [-0.2, 0) is 11.4 Å². The van der Waals surface area contributed by atoms with Crippen LogP contribution in [0.3, 0.4) is 0 Å². The Morgan fingerprint density at radius 3 is 2.69 bits per heavy atom. The molecule has 3 rings (SSSR count). The Morgan fingerprint density at radius 1 is 1.27 bits per heavy atom. The molecule has 0 aliphatic carbocycles. The molecule has 6 nitrogen and oxygen atoms in total. The van der Waals surface area contributed by atoms with Crippen molar-refractivity contribution in [2.45, 2.75) is 6.61 Å². The van der Waals surface area contributed by atoms with E-state index in [-0.39, 0.29) is 18.2 Å². The van der Waals surface area contributed by atoms with Gasteiger partial charge in [-0.25, -0.2) is 4.79 Å². The number of ether oxygens (including phenoxy) is 1. The minimum absolute atomic E-state index is 0.223. The van der Waals surface area contributed by atoms with Gasteiger partial charge in [-0.05, 0) is 45.8 Å². The topological polar surface area (TPSA) is 82.4 Å². The number of nitrogens with zero attached hydrogens (tertiary/aromatic N) is 2. The van der Waals surface area contributed by atoms with E-state index in [2.05, 4.69) is 27.3 Å². The van der Waals surface area contributed by atoms with E-state index >= 15 is 0 Å². The van der Waals surface area contributed by atoms with Crippen LogP contribution in [-0.4, -0.2) is 23.9 Å². The molecular formula is C19H14BrN3O3. The highest BCUT2D eigenvalue weighted by Crippen LogP contribution is 2.28. The van der Waals surface area contributed by atoms with E-state index in [0.29, 0.717) is 15.8 Å². The number of halogens is 1. The molecule has 1 aliphatic heterocycles. The summed E-state index contributed by atoms with van der Waals surface area (Å²) in [5.74, 6) is 0.235. The lowest BCUT2D eigenvalue weighted by molar-refractivity contribution is -0.121. The van der Waals surface area contributed by atoms with E-state index in [0.717, 1.165) is 16.0 Å². The van der Waals surface area contributed by atoms with Gasteiger partial charge in [0.2, 0.25) is 0 Å². The van der Waals surface area contributed by atoms with Crippen molar-refractivity contribution in [2.75, 3.05) is 7.05 Å². The van der Waals surface area contributed by atoms with Crippen molar-refractivity contribution >= 4 is 33.9 Å². The molecule has 0 bridgehead atoms. The van der Waals surface area contributed by atoms with Gasteiger partial charge >= 0.3 is 6.03 Å². The fourth-order valence-corrected chi connectivity index (χ4v) is 2.94. The zero-order valence-corrected chi connectivity index (χ0v) is 15.4. The predicted octanol–water partition coefficient (Wildman–Crippen LogP) is 3.42. The van der Waals surface area contributed by atoms with Gasteiger partial charge in [-0.1, -0.05) is 24.3 Å². The number of rotatable bonds is 4. The Bertz CT molecular complexity index is 963. The molecular weight excluding hydrogens is 398 g/mol. The lowest BCUT2D eigenvalue weighted by atomic mass is 10.1. The number of carbonyl (C=O) groups excluding carboxylic acids is 2. The van der Waals surface area contributed by atoms with Gasteiger partial charge in [-0.2, -0.15) is 5.26 Å². The first-order valence-corrected chi connectivity index (χ1v) is 8.50. The lowest BCUT2D eigenvalue weighted by Gasteiger charge is -2.10. The van der Waals surface area contributed by atoms with Gasteiger partial charge < -0.3 is 10.1 Å². The summed E-state index contributed by atoms with van der Waals surface area (Å²) in [5.41, 5.74) is 2.33. The second-order valence-electron chi connectivity index (χ2n) is 5.60. The average molecular weight is 412 g/mol. The fourth-order valence-electron chi connectivity index (χ4n) is 2.42. The van der Waals surface area contributed by atoms with Crippen molar-refractivity contribution < 1.29 is 14.3 Å². The minimum Gasteiger partial charge on any atom is -0.488 e. The SMILES string of the molecule is CN1C(=O)N/C(=C/c2ccc(OCc3ccccc3C#N)c(Br)c2)C1=O. The largest absolute Gasteiger partial charge is 0.488 e. The van der Waals surface area contributed by atoms with Crippen LogP contribution in [0.1, 0.15) is 16.7 Å². The Morgan fingerprint density at radius 2 is 2.04 bits per heavy atom. The Kier molecular flexibility index (Phi) is 5.05. The summed E-state index contributed by atoms with van der Waals surface area (Å²) in [6, 6.07) is 14.3. The number of imide groups is 1. The Hall–Kier alpha value is -3.11. The molecule has 0 radical (unpaired) electrons. The molecule has 130 valence electrons. The third-order valence-electron chi connectivity index (χ3n) is 3.87. The predicted molar refractivity (Wildman–Crippen MR) is 98.9 cm³/mol. The molecule has 26 heavy (non-hydrogen) atoms. The van der Waals surface area contributed by atoms with Crippen LogP contribution in [0, 0.1) is 11.3 Å². The number of hydrogen-bond donors (Lipinski definition) is 1. The monoisotopic (exact) mass is 411 g/mol. The molecule has 0 spiro atoms. The quantitative estimate of drug-likeness (QED) is 0.616. The van der Waals surface area contributed by atoms with Gasteiger partial charge in [0.15, 0.2) is 0 Å². The molecule has 7 heteroatoms. The van der Waals surface area contributed by atoms with Gasteiger partial charge in [0.1, 0.15) is 18.1 Å². The number of urea groups is 1. The first-order chi connectivity index (χ1) is 12.5. The van der Waals surface area contributed by atoms with Crippen LogP contribution < -0.4 is 10.1 Å². The molecule has 0 aromatic heterocycles. The number of amides is 3. The number of nitriles is 1. The lowest BCUT2D eigenvalue weighted by Crippen LogP contribution is -2.25. The third kappa shape index (κ3) is 3.60. The van der Waals surface area contributed by atoms with E-state index in [1.807, 2.05) is 12.1 Å². The third-order valence-corrected chi connectivity index (χ3v) is 4.49. The van der Waals surface area contributed by atoms with Crippen LogP contribution in [0.2, 0.25) is 0 Å². The number of nitrogens with one attached hydrogen (secondary N) is 1. The summed E-state index contributed by atoms with van der Waals surface area (Å²) in [5, 5.41) is 11.6. The standard InChI is InChI=1S/C19H14BrN3O3/c1-23-18(24)16(22-19(23)25)9-12-6-7-17(15(20)8-12)26-11-14-5-3-2-4-13(14)10-21/h2-9H,11H2,1H3,(H,22,25)/b16-9+. The number of carbonyl (C=O) groups is 2. The van der Waals surface area contributed by atoms with E-state index in [4.69, 9.17) is 10.00 Å². The maximum Gasteiger partial charge on any atom is 0.328 e. The average Bonchev–Trinajstić information content (AvgIpc) is 2.88. The first kappa shape index (κ1) is 17.7. The van der Waals surface area contributed by atoms with E-state index in [9.17, 15) is 9.59 Å². The van der Waals surface area contributed by atoms with E-state index in [1.54, 1.807) is 36.4 Å². The van der Waals surface area contributed by atoms with Crippen molar-refractivity contribution in [2.24, 2.45) is 0 Å². The highest BCUT2D eigenvalue weighted by Gasteiger charge is 2.29. The maximum atomic E-state index is 11.9. The van der Waals surface area contributed by atoms with Crippen molar-refractivity contribution in [3.05, 3.63) is 69.3 Å². The summed E-state index contributed by atoms with van der Waals surface area (Å²) in [6.07, 6.45) is 1.60. The molecule has 1 heterocycles. The summed E-state index contributed by atoms with van der Waals surface area (Å²) < 4.78 is 6.48. The van der Waals surface area contributed by atoms with Gasteiger partial charge in [-0.15, -0.1) is 0 Å². The molecule has 3 amide bonds. The van der Waals surface area contributed by atoms with E-state index < -0.39 is 6.03 Å². The second kappa shape index (κ2) is 7.42. The molecule has 0 unspecified atom stereocenters. The second-order valence-corrected chi connectivity index (χ2v) is 6.45. The van der Waals surface area contributed by atoms with Gasteiger partial charge in [0, 0.05) is 12.6 Å². The fraction of sp³-hybridized carbons (Fsp3) is 0.105. The highest BCUT2D eigenvalue weighted by molar-refractivity contribution is 9.10. The molecule has 1 aliphatic rings. The van der Waals surface area contributed by atoms with Crippen LogP contribution in [0.5, 0.6) is 5.75 Å². The molecule has 2 aromatic carbocycles. The Balaban J connectivity index is 1.75. The summed E-state index contributed by atoms with van der Waals surface area (Å²) in [7, 11) is 1.42. The van der Waals surface area contributed by atoms with Crippen LogP contribution in [0.25, 0.3) is 6.08 Å². The maximum absolute atomic E-state index is 11.9. The highest BCUT2D eigenvalue weighted by atomic mass is 79.9. The van der Waals surface area contributed by atoms with Crippen molar-refractivity contribution in [3.8, 4) is 11.8 Å². The molecule has 2 aromatic rings. The zero-order valence-electron chi connectivity index (χ0n) is 13.8. The summed E-state index contributed by atoms with van der Waals surface area (Å²) in [4.78, 5) is 24.4. The number of hydrogen-bond acceptors (Lipinski definition) is 4. The van der Waals surface area contributed by atoms with Gasteiger partial charge in [0.25, 0.3) is 5.91 Å². The number of likely N-dealkylation sites (N-methyl/N-ethyl adjacent to an activating group) is 1. The minimum atomic E-state index is -0.448. The van der Waals surface area contributed by atoms with Crippen LogP contribution in [0.4, 0.5) is 4.79 Å². The van der Waals surface area contributed by atoms with Crippen LogP contribution in [0.15, 0.2) is 52.6 Å². The zero-order chi connectivity index (χ0) is 18.7. The molecule has 0 atom stereocenters. The van der Waals surface area contributed by atoms with E-state index in [1.165, 1.54) is 7.05 Å². The van der Waals surface area contributed by atoms with Gasteiger partial charge in [-0.3, -0.25) is 9.69 Å². The van der Waals surface area contributed by atoms with Crippen molar-refractivity contribution in [3.63, 3.8) is 0 Å². The molecule has 1 fully saturated rings. The van der Waals surface area contributed by atoms with Crippen LogP contribution >= 0.6 is 15.9 Å². The molecule has 0 saturated carbocycles. The van der Waals surface area contributed by atoms with Gasteiger partial charge in [0.05, 0.1) is 16.1 Å².